The van der Waals surface area contributed by atoms with Crippen LogP contribution in [0, 0.1) is 19.3 Å². The van der Waals surface area contributed by atoms with Crippen LogP contribution >= 0.6 is 0 Å². The van der Waals surface area contributed by atoms with Gasteiger partial charge in [0, 0.05) is 31.7 Å². The van der Waals surface area contributed by atoms with Crippen LogP contribution in [-0.2, 0) is 11.2 Å². The molecule has 2 aromatic carbocycles. The van der Waals surface area contributed by atoms with Crippen molar-refractivity contribution in [2.75, 3.05) is 44.2 Å². The van der Waals surface area contributed by atoms with Crippen LogP contribution in [0.4, 0.5) is 5.69 Å². The number of anilines is 1. The van der Waals surface area contributed by atoms with Crippen molar-refractivity contribution in [1.82, 2.24) is 10.2 Å². The highest BCUT2D eigenvalue weighted by atomic mass is 16.5. The summed E-state index contributed by atoms with van der Waals surface area (Å²) in [6.07, 6.45) is 0.852. The number of rotatable bonds is 6. The quantitative estimate of drug-likeness (QED) is 0.696. The van der Waals surface area contributed by atoms with E-state index in [1.54, 1.807) is 0 Å². The zero-order chi connectivity index (χ0) is 23.8. The predicted molar refractivity (Wildman–Crippen MR) is 132 cm³/mol. The summed E-state index contributed by atoms with van der Waals surface area (Å²) in [7, 11) is 0. The van der Waals surface area contributed by atoms with Gasteiger partial charge in [0.2, 0.25) is 5.91 Å². The number of nitrogens with one attached hydrogen (secondary N) is 1. The summed E-state index contributed by atoms with van der Waals surface area (Å²) in [4.78, 5) is 17.6. The number of aromatic hydroxyl groups is 1. The Labute approximate surface area is 197 Å². The number of fused-ring (bicyclic) bond motifs is 1. The van der Waals surface area contributed by atoms with Crippen LogP contribution in [0.1, 0.15) is 49.1 Å². The Morgan fingerprint density at radius 1 is 1.15 bits per heavy atom. The standard InChI is InChI=1S/C27H37N3O3/c1-6-33-22-10-8-7-9-21(22)30-13-11-29(12-14-30)17-23(31)28-26-24-20(16-27(26,4)5)18(2)15-19(3)25(24)32/h7-10,15,26,32H,6,11-14,16-17H2,1-5H3,(H,28,31). The first-order chi connectivity index (χ1) is 15.7. The number of carbonyl (C=O) groups is 1. The molecule has 1 aliphatic carbocycles. The Morgan fingerprint density at radius 3 is 2.55 bits per heavy atom. The van der Waals surface area contributed by atoms with E-state index >= 15 is 0 Å². The average Bonchev–Trinajstić information content (AvgIpc) is 3.04. The van der Waals surface area contributed by atoms with Crippen LogP contribution in [0.5, 0.6) is 11.5 Å². The van der Waals surface area contributed by atoms with Crippen molar-refractivity contribution in [3.8, 4) is 11.5 Å². The second-order valence-corrected chi connectivity index (χ2v) is 10.1. The lowest BCUT2D eigenvalue weighted by Crippen LogP contribution is -2.50. The zero-order valence-electron chi connectivity index (χ0n) is 20.6. The molecule has 0 saturated carbocycles. The van der Waals surface area contributed by atoms with Crippen molar-refractivity contribution in [1.29, 1.82) is 0 Å². The Bertz CT molecular complexity index is 1030. The largest absolute Gasteiger partial charge is 0.507 e. The summed E-state index contributed by atoms with van der Waals surface area (Å²) in [5.74, 6) is 1.26. The van der Waals surface area contributed by atoms with Gasteiger partial charge in [0.15, 0.2) is 0 Å². The van der Waals surface area contributed by atoms with Gasteiger partial charge >= 0.3 is 0 Å². The van der Waals surface area contributed by atoms with E-state index in [-0.39, 0.29) is 17.4 Å². The van der Waals surface area contributed by atoms with Gasteiger partial charge in [-0.2, -0.15) is 0 Å². The van der Waals surface area contributed by atoms with Crippen molar-refractivity contribution in [3.05, 3.63) is 52.6 Å². The molecule has 4 rings (SSSR count). The van der Waals surface area contributed by atoms with Crippen molar-refractivity contribution in [3.63, 3.8) is 0 Å². The van der Waals surface area contributed by atoms with Crippen LogP contribution in [0.3, 0.4) is 0 Å². The van der Waals surface area contributed by atoms with Gasteiger partial charge in [-0.05, 0) is 61.4 Å². The molecule has 178 valence electrons. The van der Waals surface area contributed by atoms with Crippen LogP contribution in [0.15, 0.2) is 30.3 Å². The number of carbonyl (C=O) groups excluding carboxylic acids is 1. The molecule has 0 radical (unpaired) electrons. The van der Waals surface area contributed by atoms with Crippen molar-refractivity contribution in [2.24, 2.45) is 5.41 Å². The van der Waals surface area contributed by atoms with E-state index in [9.17, 15) is 9.90 Å². The molecule has 1 amide bonds. The number of aryl methyl sites for hydroxylation is 2. The number of piperazine rings is 1. The molecule has 2 aliphatic rings. The molecule has 1 fully saturated rings. The predicted octanol–water partition coefficient (Wildman–Crippen LogP) is 3.97. The lowest BCUT2D eigenvalue weighted by atomic mass is 9.85. The van der Waals surface area contributed by atoms with Gasteiger partial charge in [-0.15, -0.1) is 0 Å². The minimum atomic E-state index is -0.182. The van der Waals surface area contributed by atoms with E-state index in [2.05, 4.69) is 42.0 Å². The molecule has 0 spiro atoms. The fraction of sp³-hybridized carbons (Fsp3) is 0.519. The molecular weight excluding hydrogens is 414 g/mol. The molecule has 6 heteroatoms. The lowest BCUT2D eigenvalue weighted by molar-refractivity contribution is -0.123. The fourth-order valence-electron chi connectivity index (χ4n) is 5.36. The number of benzene rings is 2. The van der Waals surface area contributed by atoms with Crippen LogP contribution in [0.25, 0.3) is 0 Å². The van der Waals surface area contributed by atoms with E-state index in [1.807, 2.05) is 38.1 Å². The van der Waals surface area contributed by atoms with E-state index in [4.69, 9.17) is 4.74 Å². The summed E-state index contributed by atoms with van der Waals surface area (Å²) in [6.45, 7) is 14.7. The molecule has 0 aromatic heterocycles. The molecule has 6 nitrogen and oxygen atoms in total. The third-order valence-corrected chi connectivity index (χ3v) is 7.12. The first-order valence-electron chi connectivity index (χ1n) is 12.0. The third kappa shape index (κ3) is 4.67. The highest BCUT2D eigenvalue weighted by molar-refractivity contribution is 5.79. The van der Waals surface area contributed by atoms with Gasteiger partial charge in [-0.1, -0.05) is 32.0 Å². The zero-order valence-corrected chi connectivity index (χ0v) is 20.6. The number of amides is 1. The number of ether oxygens (including phenoxy) is 1. The number of para-hydroxylation sites is 2. The van der Waals surface area contributed by atoms with Crippen molar-refractivity contribution < 1.29 is 14.6 Å². The Morgan fingerprint density at radius 2 is 1.85 bits per heavy atom. The molecule has 33 heavy (non-hydrogen) atoms. The van der Waals surface area contributed by atoms with Gasteiger partial charge < -0.3 is 20.1 Å². The lowest BCUT2D eigenvalue weighted by Gasteiger charge is -2.37. The van der Waals surface area contributed by atoms with Crippen molar-refractivity contribution >= 4 is 11.6 Å². The summed E-state index contributed by atoms with van der Waals surface area (Å²) < 4.78 is 5.79. The number of nitrogens with zero attached hydrogens (tertiary/aromatic N) is 2. The molecule has 2 N–H and O–H groups in total. The summed E-state index contributed by atoms with van der Waals surface area (Å²) >= 11 is 0. The first kappa shape index (κ1) is 23.4. The second kappa shape index (κ2) is 9.26. The van der Waals surface area contributed by atoms with Crippen molar-refractivity contribution in [2.45, 2.75) is 47.1 Å². The van der Waals surface area contributed by atoms with E-state index < -0.39 is 0 Å². The maximum Gasteiger partial charge on any atom is 0.234 e. The Hall–Kier alpha value is -2.73. The fourth-order valence-corrected chi connectivity index (χ4v) is 5.36. The molecule has 1 aliphatic heterocycles. The van der Waals surface area contributed by atoms with E-state index in [0.29, 0.717) is 18.9 Å². The van der Waals surface area contributed by atoms with Gasteiger partial charge in [0.25, 0.3) is 0 Å². The first-order valence-corrected chi connectivity index (χ1v) is 12.0. The van der Waals surface area contributed by atoms with E-state index in [0.717, 1.165) is 55.2 Å². The molecule has 1 unspecified atom stereocenters. The number of hydrogen-bond donors (Lipinski definition) is 2. The number of phenolic OH excluding ortho intramolecular Hbond substituents is 1. The van der Waals surface area contributed by atoms with Crippen LogP contribution in [-0.4, -0.2) is 55.2 Å². The maximum absolute atomic E-state index is 13.1. The molecular formula is C27H37N3O3. The van der Waals surface area contributed by atoms with Gasteiger partial charge in [0.05, 0.1) is 24.9 Å². The Kier molecular flexibility index (Phi) is 6.57. The minimum absolute atomic E-state index is 0.0163. The number of phenols is 1. The monoisotopic (exact) mass is 451 g/mol. The number of hydrogen-bond acceptors (Lipinski definition) is 5. The third-order valence-electron chi connectivity index (χ3n) is 7.12. The maximum atomic E-state index is 13.1. The SMILES string of the molecule is CCOc1ccccc1N1CCN(CC(=O)NC2c3c(O)c(C)cc(C)c3CC2(C)C)CC1. The summed E-state index contributed by atoms with van der Waals surface area (Å²) in [5.41, 5.74) is 5.11. The van der Waals surface area contributed by atoms with Gasteiger partial charge in [-0.25, -0.2) is 0 Å². The van der Waals surface area contributed by atoms with Gasteiger partial charge in [-0.3, -0.25) is 9.69 Å². The summed E-state index contributed by atoms with van der Waals surface area (Å²) in [5, 5.41) is 14.1. The van der Waals surface area contributed by atoms with Gasteiger partial charge in [0.1, 0.15) is 11.5 Å². The molecule has 1 saturated heterocycles. The highest BCUT2D eigenvalue weighted by Gasteiger charge is 2.43. The smallest absolute Gasteiger partial charge is 0.234 e. The highest BCUT2D eigenvalue weighted by Crippen LogP contribution is 2.50. The van der Waals surface area contributed by atoms with Crippen LogP contribution < -0.4 is 15.0 Å². The topological polar surface area (TPSA) is 65.0 Å². The minimum Gasteiger partial charge on any atom is -0.507 e. The van der Waals surface area contributed by atoms with E-state index in [1.165, 1.54) is 11.1 Å². The molecule has 2 aromatic rings. The normalized spacial score (nSPS) is 19.9. The molecule has 1 atom stereocenters. The average molecular weight is 452 g/mol. The molecule has 1 heterocycles. The Balaban J connectivity index is 1.39. The molecule has 0 bridgehead atoms. The summed E-state index contributed by atoms with van der Waals surface area (Å²) in [6, 6.07) is 10.0. The van der Waals surface area contributed by atoms with Crippen LogP contribution in [0.2, 0.25) is 0 Å². The second-order valence-electron chi connectivity index (χ2n) is 10.1.